The number of quaternary nitrogens is 1. The Hall–Kier alpha value is -3.12. The van der Waals surface area contributed by atoms with Gasteiger partial charge in [0.05, 0.1) is 32.1 Å². The van der Waals surface area contributed by atoms with Crippen LogP contribution in [0.4, 0.5) is 0 Å². The van der Waals surface area contributed by atoms with E-state index in [1.165, 1.54) is 30.2 Å². The Bertz CT molecular complexity index is 1070. The Labute approximate surface area is 175 Å². The zero-order valence-electron chi connectivity index (χ0n) is 17.1. The highest BCUT2D eigenvalue weighted by molar-refractivity contribution is 5.93. The fourth-order valence-corrected chi connectivity index (χ4v) is 4.19. The number of hydrogen-bond acceptors (Lipinski definition) is 4. The maximum Gasteiger partial charge on any atom is 0.287 e. The van der Waals surface area contributed by atoms with E-state index in [1.54, 1.807) is 31.4 Å². The molecule has 3 aromatic rings. The molecule has 0 saturated carbocycles. The van der Waals surface area contributed by atoms with Gasteiger partial charge in [-0.3, -0.25) is 9.59 Å². The van der Waals surface area contributed by atoms with Gasteiger partial charge in [-0.1, -0.05) is 12.1 Å². The van der Waals surface area contributed by atoms with Gasteiger partial charge in [0.1, 0.15) is 17.4 Å². The molecule has 4 rings (SSSR count). The van der Waals surface area contributed by atoms with Crippen LogP contribution in [-0.4, -0.2) is 32.7 Å². The average molecular weight is 407 g/mol. The summed E-state index contributed by atoms with van der Waals surface area (Å²) in [7, 11) is 1.65. The Morgan fingerprint density at radius 3 is 2.57 bits per heavy atom. The van der Waals surface area contributed by atoms with Gasteiger partial charge in [0, 0.05) is 11.6 Å². The molecule has 0 radical (unpaired) electrons. The number of amides is 1. The van der Waals surface area contributed by atoms with Gasteiger partial charge in [-0.05, 0) is 55.7 Å². The van der Waals surface area contributed by atoms with E-state index in [0.29, 0.717) is 17.5 Å². The zero-order valence-corrected chi connectivity index (χ0v) is 17.1. The van der Waals surface area contributed by atoms with Crippen LogP contribution in [0.5, 0.6) is 5.75 Å². The molecule has 1 atom stereocenters. The molecule has 1 aliphatic heterocycles. The minimum Gasteiger partial charge on any atom is -0.497 e. The Kier molecular flexibility index (Phi) is 6.14. The van der Waals surface area contributed by atoms with Crippen molar-refractivity contribution in [2.24, 2.45) is 0 Å². The summed E-state index contributed by atoms with van der Waals surface area (Å²) in [5.41, 5.74) is 1.37. The van der Waals surface area contributed by atoms with Gasteiger partial charge in [0.25, 0.3) is 5.91 Å². The molecule has 1 fully saturated rings. The molecule has 1 aliphatic rings. The summed E-state index contributed by atoms with van der Waals surface area (Å²) in [5.74, 6) is 0.488. The Balaban J connectivity index is 1.54. The lowest BCUT2D eigenvalue weighted by Gasteiger charge is -2.32. The van der Waals surface area contributed by atoms with Gasteiger partial charge in [0.15, 0.2) is 11.2 Å². The number of para-hydroxylation sites is 1. The first-order valence-corrected chi connectivity index (χ1v) is 10.5. The third-order valence-electron chi connectivity index (χ3n) is 5.83. The monoisotopic (exact) mass is 407 g/mol. The third-order valence-corrected chi connectivity index (χ3v) is 5.83. The molecule has 1 saturated heterocycles. The van der Waals surface area contributed by atoms with Crippen molar-refractivity contribution in [1.82, 2.24) is 5.32 Å². The first kappa shape index (κ1) is 20.2. The molecule has 2 heterocycles. The fraction of sp³-hybridized carbons (Fsp3) is 0.333. The van der Waals surface area contributed by atoms with Crippen molar-refractivity contribution >= 4 is 16.9 Å². The summed E-state index contributed by atoms with van der Waals surface area (Å²) in [6, 6.07) is 16.4. The number of rotatable bonds is 6. The predicted molar refractivity (Wildman–Crippen MR) is 115 cm³/mol. The number of carbonyl (C=O) groups is 1. The summed E-state index contributed by atoms with van der Waals surface area (Å²) in [4.78, 5) is 26.6. The van der Waals surface area contributed by atoms with Crippen molar-refractivity contribution in [2.45, 2.75) is 25.3 Å². The van der Waals surface area contributed by atoms with Crippen molar-refractivity contribution in [3.05, 3.63) is 76.1 Å². The van der Waals surface area contributed by atoms with Crippen LogP contribution in [0.25, 0.3) is 11.0 Å². The van der Waals surface area contributed by atoms with Crippen LogP contribution in [0.2, 0.25) is 0 Å². The minimum absolute atomic E-state index is 0.0424. The molecule has 156 valence electrons. The van der Waals surface area contributed by atoms with Crippen LogP contribution in [0.3, 0.4) is 0 Å². The van der Waals surface area contributed by atoms with E-state index >= 15 is 0 Å². The fourth-order valence-electron chi connectivity index (χ4n) is 4.19. The van der Waals surface area contributed by atoms with E-state index in [0.717, 1.165) is 24.4 Å². The van der Waals surface area contributed by atoms with Crippen LogP contribution in [0.15, 0.2) is 63.8 Å². The molecule has 6 heteroatoms. The van der Waals surface area contributed by atoms with Crippen LogP contribution < -0.4 is 20.4 Å². The van der Waals surface area contributed by atoms with E-state index in [-0.39, 0.29) is 23.1 Å². The quantitative estimate of drug-likeness (QED) is 0.658. The van der Waals surface area contributed by atoms with Crippen molar-refractivity contribution < 1.29 is 18.8 Å². The molecule has 1 aromatic heterocycles. The molecule has 0 unspecified atom stereocenters. The first-order valence-electron chi connectivity index (χ1n) is 10.5. The largest absolute Gasteiger partial charge is 0.497 e. The molecule has 2 aromatic carbocycles. The molecular formula is C24H27N2O4+. The molecule has 0 aliphatic carbocycles. The topological polar surface area (TPSA) is 73.0 Å². The smallest absolute Gasteiger partial charge is 0.287 e. The lowest BCUT2D eigenvalue weighted by Crippen LogP contribution is -3.13. The molecule has 0 spiro atoms. The summed E-state index contributed by atoms with van der Waals surface area (Å²) in [5, 5.41) is 3.47. The van der Waals surface area contributed by atoms with E-state index in [4.69, 9.17) is 9.15 Å². The first-order chi connectivity index (χ1) is 14.7. The third kappa shape index (κ3) is 4.39. The van der Waals surface area contributed by atoms with Crippen LogP contribution in [-0.2, 0) is 0 Å². The Morgan fingerprint density at radius 2 is 1.83 bits per heavy atom. The molecule has 2 N–H and O–H groups in total. The van der Waals surface area contributed by atoms with E-state index in [2.05, 4.69) is 17.4 Å². The zero-order chi connectivity index (χ0) is 20.9. The van der Waals surface area contributed by atoms with Crippen molar-refractivity contribution in [3.8, 4) is 5.75 Å². The summed E-state index contributed by atoms with van der Waals surface area (Å²) < 4.78 is 11.0. The number of benzene rings is 2. The van der Waals surface area contributed by atoms with Crippen LogP contribution in [0.1, 0.15) is 41.4 Å². The normalized spacial score (nSPS) is 15.6. The number of methoxy groups -OCH3 is 1. The number of nitrogens with one attached hydrogen (secondary N) is 2. The molecular weight excluding hydrogens is 380 g/mol. The highest BCUT2D eigenvalue weighted by Crippen LogP contribution is 2.17. The van der Waals surface area contributed by atoms with Crippen molar-refractivity contribution in [2.75, 3.05) is 26.7 Å². The summed E-state index contributed by atoms with van der Waals surface area (Å²) in [6.07, 6.45) is 3.64. The van der Waals surface area contributed by atoms with Crippen molar-refractivity contribution in [3.63, 3.8) is 0 Å². The summed E-state index contributed by atoms with van der Waals surface area (Å²) >= 11 is 0. The number of likely N-dealkylation sites (tertiary alicyclic amines) is 1. The molecule has 1 amide bonds. The van der Waals surface area contributed by atoms with E-state index < -0.39 is 0 Å². The maximum absolute atomic E-state index is 12.8. The number of ether oxygens (including phenoxy) is 1. The number of fused-ring (bicyclic) bond motifs is 1. The van der Waals surface area contributed by atoms with E-state index in [1.807, 2.05) is 12.1 Å². The van der Waals surface area contributed by atoms with Gasteiger partial charge in [-0.15, -0.1) is 0 Å². The summed E-state index contributed by atoms with van der Waals surface area (Å²) in [6.45, 7) is 2.63. The van der Waals surface area contributed by atoms with E-state index in [9.17, 15) is 9.59 Å². The predicted octanol–water partition coefficient (Wildman–Crippen LogP) is 2.34. The second kappa shape index (κ2) is 9.13. The van der Waals surface area contributed by atoms with Crippen LogP contribution in [0, 0.1) is 0 Å². The van der Waals surface area contributed by atoms with Crippen molar-refractivity contribution in [1.29, 1.82) is 0 Å². The second-order valence-corrected chi connectivity index (χ2v) is 7.73. The lowest BCUT2D eigenvalue weighted by atomic mass is 10.0. The number of piperidine rings is 1. The number of hydrogen-bond donors (Lipinski definition) is 2. The standard InChI is InChI=1S/C24H26N2O4/c1-29-18-11-9-17(10-12-18)20(26-13-5-2-6-14-26)16-25-24(28)23-15-21(27)19-7-3-4-8-22(19)30-23/h3-4,7-12,15,20H,2,5-6,13-14,16H2,1H3,(H,25,28)/p+1/t20-/m0/s1. The van der Waals surface area contributed by atoms with Gasteiger partial charge in [-0.25, -0.2) is 0 Å². The van der Waals surface area contributed by atoms with Gasteiger partial charge < -0.3 is 19.4 Å². The number of carbonyl (C=O) groups excluding carboxylic acids is 1. The second-order valence-electron chi connectivity index (χ2n) is 7.73. The maximum atomic E-state index is 12.8. The Morgan fingerprint density at radius 1 is 1.10 bits per heavy atom. The van der Waals surface area contributed by atoms with Gasteiger partial charge in [0.2, 0.25) is 0 Å². The van der Waals surface area contributed by atoms with Gasteiger partial charge >= 0.3 is 0 Å². The highest BCUT2D eigenvalue weighted by atomic mass is 16.5. The average Bonchev–Trinajstić information content (AvgIpc) is 2.80. The highest BCUT2D eigenvalue weighted by Gasteiger charge is 2.27. The van der Waals surface area contributed by atoms with Gasteiger partial charge in [-0.2, -0.15) is 0 Å². The molecule has 0 bridgehead atoms. The SMILES string of the molecule is COc1ccc([C@H](CNC(=O)c2cc(=O)c3ccccc3o2)[NH+]2CCCCC2)cc1. The lowest BCUT2D eigenvalue weighted by molar-refractivity contribution is -0.935. The van der Waals surface area contributed by atoms with Crippen LogP contribution >= 0.6 is 0 Å². The minimum atomic E-state index is -0.368. The molecule has 30 heavy (non-hydrogen) atoms. The molecule has 6 nitrogen and oxygen atoms in total.